The molecule has 0 fully saturated rings. The minimum absolute atomic E-state index is 0.180. The predicted octanol–water partition coefficient (Wildman–Crippen LogP) is 5.75. The van der Waals surface area contributed by atoms with Gasteiger partial charge < -0.3 is 5.32 Å². The number of benzene rings is 2. The smallest absolute Gasteiger partial charge is 0.225 e. The number of rotatable bonds is 6. The fourth-order valence-electron chi connectivity index (χ4n) is 3.02. The van der Waals surface area contributed by atoms with Crippen molar-refractivity contribution in [2.45, 2.75) is 25.7 Å². The molecule has 1 heterocycles. The van der Waals surface area contributed by atoms with Crippen molar-refractivity contribution >= 4 is 22.9 Å². The number of hydrogen-bond donors (Lipinski definition) is 1. The largest absolute Gasteiger partial charge is 0.326 e. The Hall–Kier alpha value is -2.53. The number of nitrogens with one attached hydrogen (secondary N) is 1. The standard InChI is InChI=1S/C21H19F2NOS/c1-2-17-19(23)4-3-5-20(17)24-21(25)12-18(15-10-11-26-13-15)14-6-8-16(22)9-7-14/h3-11,13,18H,2,12H2,1H3,(H,24,25)/t18-/m0/s1. The first-order chi connectivity index (χ1) is 12.6. The Morgan fingerprint density at radius 3 is 2.50 bits per heavy atom. The van der Waals surface area contributed by atoms with Gasteiger partial charge in [-0.05, 0) is 58.6 Å². The number of thiophene rings is 1. The van der Waals surface area contributed by atoms with E-state index in [0.29, 0.717) is 17.7 Å². The summed E-state index contributed by atoms with van der Waals surface area (Å²) in [6, 6.07) is 12.8. The molecule has 0 radical (unpaired) electrons. The van der Waals surface area contributed by atoms with Crippen molar-refractivity contribution in [3.05, 3.63) is 87.6 Å². The fraction of sp³-hybridized carbons (Fsp3) is 0.190. The highest BCUT2D eigenvalue weighted by atomic mass is 32.1. The Bertz CT molecular complexity index is 876. The van der Waals surface area contributed by atoms with Gasteiger partial charge in [-0.25, -0.2) is 8.78 Å². The molecule has 0 bridgehead atoms. The summed E-state index contributed by atoms with van der Waals surface area (Å²) in [5, 5.41) is 6.76. The van der Waals surface area contributed by atoms with Gasteiger partial charge in [-0.3, -0.25) is 4.79 Å². The molecule has 0 aliphatic heterocycles. The van der Waals surface area contributed by atoms with Crippen LogP contribution in [0.2, 0.25) is 0 Å². The minimum atomic E-state index is -0.321. The minimum Gasteiger partial charge on any atom is -0.326 e. The van der Waals surface area contributed by atoms with Crippen LogP contribution >= 0.6 is 11.3 Å². The molecule has 2 aromatic carbocycles. The van der Waals surface area contributed by atoms with E-state index in [9.17, 15) is 13.6 Å². The van der Waals surface area contributed by atoms with Crippen LogP contribution in [0.1, 0.15) is 36.0 Å². The van der Waals surface area contributed by atoms with E-state index in [4.69, 9.17) is 0 Å². The zero-order valence-corrected chi connectivity index (χ0v) is 15.2. The zero-order chi connectivity index (χ0) is 18.5. The van der Waals surface area contributed by atoms with Crippen molar-refractivity contribution < 1.29 is 13.6 Å². The second kappa shape index (κ2) is 8.23. The summed E-state index contributed by atoms with van der Waals surface area (Å²) in [7, 11) is 0. The highest BCUT2D eigenvalue weighted by Gasteiger charge is 2.20. The lowest BCUT2D eigenvalue weighted by molar-refractivity contribution is -0.116. The van der Waals surface area contributed by atoms with Crippen molar-refractivity contribution in [2.24, 2.45) is 0 Å². The SMILES string of the molecule is CCc1c(F)cccc1NC(=O)C[C@@H](c1ccc(F)cc1)c1ccsc1. The maximum atomic E-state index is 13.9. The van der Waals surface area contributed by atoms with Gasteiger partial charge in [-0.15, -0.1) is 0 Å². The summed E-state index contributed by atoms with van der Waals surface area (Å²) >= 11 is 1.55. The summed E-state index contributed by atoms with van der Waals surface area (Å²) in [5.74, 6) is -1.01. The molecule has 0 aliphatic rings. The number of hydrogen-bond acceptors (Lipinski definition) is 2. The van der Waals surface area contributed by atoms with E-state index in [0.717, 1.165) is 11.1 Å². The van der Waals surface area contributed by atoms with Gasteiger partial charge >= 0.3 is 0 Å². The molecule has 1 amide bonds. The Kier molecular flexibility index (Phi) is 5.78. The van der Waals surface area contributed by atoms with E-state index in [-0.39, 0.29) is 29.9 Å². The second-order valence-electron chi connectivity index (χ2n) is 6.03. The highest BCUT2D eigenvalue weighted by Crippen LogP contribution is 2.30. The molecule has 1 atom stereocenters. The van der Waals surface area contributed by atoms with Crippen LogP contribution in [0.15, 0.2) is 59.3 Å². The monoisotopic (exact) mass is 371 g/mol. The van der Waals surface area contributed by atoms with Crippen LogP contribution in [-0.2, 0) is 11.2 Å². The van der Waals surface area contributed by atoms with Crippen LogP contribution < -0.4 is 5.32 Å². The first-order valence-corrected chi connectivity index (χ1v) is 9.37. The fourth-order valence-corrected chi connectivity index (χ4v) is 3.73. The second-order valence-corrected chi connectivity index (χ2v) is 6.81. The number of amides is 1. The summed E-state index contributed by atoms with van der Waals surface area (Å²) in [4.78, 5) is 12.6. The van der Waals surface area contributed by atoms with Gasteiger partial charge in [0.05, 0.1) is 0 Å². The van der Waals surface area contributed by atoms with Gasteiger partial charge in [0, 0.05) is 23.6 Å². The van der Waals surface area contributed by atoms with Gasteiger partial charge in [0.1, 0.15) is 11.6 Å². The predicted molar refractivity (Wildman–Crippen MR) is 102 cm³/mol. The third-order valence-corrected chi connectivity index (χ3v) is 5.06. The summed E-state index contributed by atoms with van der Waals surface area (Å²) in [5.41, 5.74) is 2.87. The third-order valence-electron chi connectivity index (χ3n) is 4.35. The quantitative estimate of drug-likeness (QED) is 0.587. The number of carbonyl (C=O) groups excluding carboxylic acids is 1. The van der Waals surface area contributed by atoms with Gasteiger partial charge in [0.2, 0.25) is 5.91 Å². The van der Waals surface area contributed by atoms with E-state index >= 15 is 0 Å². The third kappa shape index (κ3) is 4.17. The van der Waals surface area contributed by atoms with E-state index in [1.165, 1.54) is 18.2 Å². The van der Waals surface area contributed by atoms with Crippen LogP contribution in [0, 0.1) is 11.6 Å². The summed E-state index contributed by atoms with van der Waals surface area (Å²) in [6.45, 7) is 1.85. The number of anilines is 1. The molecule has 5 heteroatoms. The molecule has 3 aromatic rings. The Balaban J connectivity index is 1.82. The maximum Gasteiger partial charge on any atom is 0.225 e. The van der Waals surface area contributed by atoms with Gasteiger partial charge in [0.15, 0.2) is 0 Å². The van der Waals surface area contributed by atoms with Crippen molar-refractivity contribution in [3.63, 3.8) is 0 Å². The van der Waals surface area contributed by atoms with Crippen LogP contribution in [-0.4, -0.2) is 5.91 Å². The van der Waals surface area contributed by atoms with E-state index in [2.05, 4.69) is 5.32 Å². The normalized spacial score (nSPS) is 12.0. The highest BCUT2D eigenvalue weighted by molar-refractivity contribution is 7.08. The molecule has 0 aliphatic carbocycles. The lowest BCUT2D eigenvalue weighted by atomic mass is 9.90. The Morgan fingerprint density at radius 1 is 1.08 bits per heavy atom. The van der Waals surface area contributed by atoms with Crippen molar-refractivity contribution in [2.75, 3.05) is 5.32 Å². The van der Waals surface area contributed by atoms with Crippen LogP contribution in [0.5, 0.6) is 0 Å². The topological polar surface area (TPSA) is 29.1 Å². The number of halogens is 2. The van der Waals surface area contributed by atoms with Crippen molar-refractivity contribution in [3.8, 4) is 0 Å². The lowest BCUT2D eigenvalue weighted by Crippen LogP contribution is -2.17. The Labute approximate surface area is 155 Å². The van der Waals surface area contributed by atoms with Gasteiger partial charge in [-0.2, -0.15) is 11.3 Å². The van der Waals surface area contributed by atoms with Crippen LogP contribution in [0.25, 0.3) is 0 Å². The van der Waals surface area contributed by atoms with Crippen molar-refractivity contribution in [1.82, 2.24) is 0 Å². The zero-order valence-electron chi connectivity index (χ0n) is 14.3. The molecule has 0 unspecified atom stereocenters. The molecule has 26 heavy (non-hydrogen) atoms. The van der Waals surface area contributed by atoms with Crippen molar-refractivity contribution in [1.29, 1.82) is 0 Å². The molecule has 134 valence electrons. The average Bonchev–Trinajstić information content (AvgIpc) is 3.15. The molecule has 1 aromatic heterocycles. The number of carbonyl (C=O) groups is 1. The molecule has 0 saturated heterocycles. The molecule has 2 nitrogen and oxygen atoms in total. The molecule has 3 rings (SSSR count). The van der Waals surface area contributed by atoms with Gasteiger partial charge in [0.25, 0.3) is 0 Å². The first-order valence-electron chi connectivity index (χ1n) is 8.43. The molecular formula is C21H19F2NOS. The molecule has 0 spiro atoms. The first kappa shape index (κ1) is 18.3. The summed E-state index contributed by atoms with van der Waals surface area (Å²) in [6.07, 6.45) is 0.691. The molecule has 0 saturated carbocycles. The maximum absolute atomic E-state index is 13.9. The van der Waals surface area contributed by atoms with E-state index in [1.807, 2.05) is 23.8 Å². The Morgan fingerprint density at radius 2 is 1.85 bits per heavy atom. The van der Waals surface area contributed by atoms with Crippen LogP contribution in [0.3, 0.4) is 0 Å². The van der Waals surface area contributed by atoms with Gasteiger partial charge in [-0.1, -0.05) is 25.1 Å². The van der Waals surface area contributed by atoms with Crippen LogP contribution in [0.4, 0.5) is 14.5 Å². The molecule has 1 N–H and O–H groups in total. The lowest BCUT2D eigenvalue weighted by Gasteiger charge is -2.17. The van der Waals surface area contributed by atoms with E-state index in [1.54, 1.807) is 35.6 Å². The van der Waals surface area contributed by atoms with E-state index < -0.39 is 0 Å². The molecular weight excluding hydrogens is 352 g/mol. The summed E-state index contributed by atoms with van der Waals surface area (Å²) < 4.78 is 27.2. The average molecular weight is 371 g/mol.